The van der Waals surface area contributed by atoms with Crippen molar-refractivity contribution < 1.29 is 15.6 Å². The summed E-state index contributed by atoms with van der Waals surface area (Å²) in [5.41, 5.74) is 2.57. The Bertz CT molecular complexity index is 1200. The second-order valence-electron chi connectivity index (χ2n) is 9.53. The minimum atomic E-state index is -0.358. The van der Waals surface area contributed by atoms with Gasteiger partial charge in [-0.3, -0.25) is 4.79 Å². The lowest BCUT2D eigenvalue weighted by Crippen LogP contribution is -2.34. The Hall–Kier alpha value is -3.75. The number of hydrogen-bond donors (Lipinski definition) is 7. The van der Waals surface area contributed by atoms with Gasteiger partial charge in [0.05, 0.1) is 5.56 Å². The van der Waals surface area contributed by atoms with Crippen LogP contribution in [0.15, 0.2) is 42.5 Å². The molecule has 2 aliphatic rings. The topological polar surface area (TPSA) is 247 Å². The average molecular weight is 600 g/mol. The number of phenols is 1. The Morgan fingerprint density at radius 1 is 0.756 bits per heavy atom. The quantitative estimate of drug-likeness (QED) is 0.152. The van der Waals surface area contributed by atoms with Crippen molar-refractivity contribution in [3.63, 3.8) is 0 Å². The highest BCUT2D eigenvalue weighted by molar-refractivity contribution is 6.06. The summed E-state index contributed by atoms with van der Waals surface area (Å²) in [5.74, 6) is 1.59. The number of nitrogens with one attached hydrogen (secondary N) is 2. The molecular weight excluding hydrogens is 546 g/mol. The number of phenolic OH excluding ortho intramolecular Hbond substituents is 1. The zero-order valence-electron chi connectivity index (χ0n) is 23.9. The fourth-order valence-corrected chi connectivity index (χ4v) is 4.68. The van der Waals surface area contributed by atoms with Crippen molar-refractivity contribution in [2.75, 3.05) is 46.6 Å². The van der Waals surface area contributed by atoms with Crippen molar-refractivity contribution in [1.82, 2.24) is 39.6 Å². The van der Waals surface area contributed by atoms with Gasteiger partial charge in [0.25, 0.3) is 5.91 Å². The first-order chi connectivity index (χ1) is 17.5. The van der Waals surface area contributed by atoms with Gasteiger partial charge in [-0.05, 0) is 87.4 Å². The van der Waals surface area contributed by atoms with Gasteiger partial charge in [0.2, 0.25) is 17.8 Å². The molecule has 0 radical (unpaired) electrons. The van der Waals surface area contributed by atoms with E-state index in [0.29, 0.717) is 11.6 Å². The molecule has 2 saturated heterocycles. The number of carbonyl (C=O) groups excluding carboxylic acids is 1. The third-order valence-corrected chi connectivity index (χ3v) is 6.69. The van der Waals surface area contributed by atoms with E-state index in [9.17, 15) is 9.90 Å². The fraction of sp³-hybridized carbons (Fsp3) is 0.407. The van der Waals surface area contributed by atoms with E-state index in [0.717, 1.165) is 75.0 Å². The van der Waals surface area contributed by atoms with E-state index in [1.807, 2.05) is 31.2 Å². The van der Waals surface area contributed by atoms with Crippen molar-refractivity contribution >= 4 is 47.5 Å². The summed E-state index contributed by atoms with van der Waals surface area (Å²) in [6.45, 7) is 5.73. The van der Waals surface area contributed by atoms with Gasteiger partial charge in [0.15, 0.2) is 0 Å². The van der Waals surface area contributed by atoms with Crippen LogP contribution in [0, 0.1) is 6.92 Å². The largest absolute Gasteiger partial charge is 0.507 e. The van der Waals surface area contributed by atoms with Gasteiger partial charge in [-0.15, -0.1) is 12.4 Å². The molecule has 13 nitrogen and oxygen atoms in total. The molecule has 14 heteroatoms. The number of aromatic hydroxyl groups is 1. The van der Waals surface area contributed by atoms with Gasteiger partial charge in [-0.2, -0.15) is 15.0 Å². The number of aromatic nitrogens is 3. The van der Waals surface area contributed by atoms with E-state index in [1.165, 1.54) is 12.8 Å². The molecule has 0 spiro atoms. The molecule has 2 aromatic carbocycles. The van der Waals surface area contributed by atoms with Gasteiger partial charge in [-0.1, -0.05) is 6.07 Å². The molecule has 2 fully saturated rings. The van der Waals surface area contributed by atoms with Crippen molar-refractivity contribution in [3.05, 3.63) is 53.6 Å². The summed E-state index contributed by atoms with van der Waals surface area (Å²) in [6.07, 6.45) is 7.11. The van der Waals surface area contributed by atoms with Crippen LogP contribution in [0.5, 0.6) is 5.75 Å². The van der Waals surface area contributed by atoms with Crippen LogP contribution < -0.4 is 45.0 Å². The molecule has 5 rings (SSSR count). The number of halogens is 1. The monoisotopic (exact) mass is 599 g/mol. The van der Waals surface area contributed by atoms with E-state index in [1.54, 1.807) is 18.2 Å². The number of benzene rings is 2. The van der Waals surface area contributed by atoms with Crippen LogP contribution in [0.1, 0.15) is 60.2 Å². The first-order valence-corrected chi connectivity index (χ1v) is 12.8. The number of nitrogens with zero attached hydrogens (tertiary/aromatic N) is 5. The minimum Gasteiger partial charge on any atom is -0.507 e. The van der Waals surface area contributed by atoms with Crippen molar-refractivity contribution in [2.24, 2.45) is 0 Å². The van der Waals surface area contributed by atoms with Gasteiger partial charge in [0, 0.05) is 43.3 Å². The van der Waals surface area contributed by atoms with Crippen LogP contribution in [0.3, 0.4) is 0 Å². The Kier molecular flexibility index (Phi) is 15.6. The first kappa shape index (κ1) is 37.2. The molecule has 1 aromatic heterocycles. The van der Waals surface area contributed by atoms with Crippen LogP contribution >= 0.6 is 12.4 Å². The number of aryl methyl sites for hydroxylation is 1. The lowest BCUT2D eigenvalue weighted by molar-refractivity contribution is 0.102. The number of rotatable bonds is 6. The molecule has 0 bridgehead atoms. The highest BCUT2D eigenvalue weighted by Gasteiger charge is 2.20. The normalized spacial score (nSPS) is 14.1. The van der Waals surface area contributed by atoms with E-state index in [4.69, 9.17) is 15.0 Å². The molecule has 236 valence electrons. The first-order valence-electron chi connectivity index (χ1n) is 12.8. The Morgan fingerprint density at radius 3 is 1.73 bits per heavy atom. The highest BCUT2D eigenvalue weighted by atomic mass is 35.5. The minimum absolute atomic E-state index is 0. The van der Waals surface area contributed by atoms with Crippen molar-refractivity contribution in [3.8, 4) is 5.75 Å². The predicted octanol–water partition coefficient (Wildman–Crippen LogP) is 6.92. The van der Waals surface area contributed by atoms with Crippen LogP contribution in [0.2, 0.25) is 0 Å². The zero-order valence-corrected chi connectivity index (χ0v) is 24.8. The molecule has 0 atom stereocenters. The number of amides is 1. The molecule has 0 unspecified atom stereocenters. The lowest BCUT2D eigenvalue weighted by atomic mass is 10.1. The molecule has 0 saturated carbocycles. The van der Waals surface area contributed by atoms with Gasteiger partial charge in [0.1, 0.15) is 5.75 Å². The highest BCUT2D eigenvalue weighted by Crippen LogP contribution is 2.25. The summed E-state index contributed by atoms with van der Waals surface area (Å²) in [5, 5.41) is 16.2. The maximum absolute atomic E-state index is 12.6. The van der Waals surface area contributed by atoms with Gasteiger partial charge >= 0.3 is 0 Å². The van der Waals surface area contributed by atoms with E-state index in [2.05, 4.69) is 20.4 Å². The van der Waals surface area contributed by atoms with Gasteiger partial charge in [-0.25, -0.2) is 0 Å². The maximum Gasteiger partial charge on any atom is 0.259 e. The van der Waals surface area contributed by atoms with E-state index < -0.39 is 0 Å². The van der Waals surface area contributed by atoms with Crippen molar-refractivity contribution in [2.45, 2.75) is 45.4 Å². The van der Waals surface area contributed by atoms with Crippen molar-refractivity contribution in [1.29, 1.82) is 0 Å². The molecule has 0 aliphatic carbocycles. The van der Waals surface area contributed by atoms with E-state index >= 15 is 0 Å². The summed E-state index contributed by atoms with van der Waals surface area (Å²) < 4.78 is 0. The summed E-state index contributed by atoms with van der Waals surface area (Å²) >= 11 is 0. The van der Waals surface area contributed by atoms with Crippen LogP contribution in [0.25, 0.3) is 0 Å². The second-order valence-corrected chi connectivity index (χ2v) is 9.53. The smallest absolute Gasteiger partial charge is 0.259 e. The number of piperidine rings is 2. The van der Waals surface area contributed by atoms with Crippen LogP contribution in [-0.4, -0.2) is 52.1 Å². The SMILES string of the molecule is Cc1ccc(C(=O)Nc2ccc(Nc3nc(N4CCCCC4)nc(N4CCCCC4)n3)cc2)c(O)c1.Cl.N.N.N.N.[HH].[HH].[HH].[HH]. The standard InChI is InChI=1S/C27H33N7O2.ClH.4H3N.4H2/c1-19-8-13-22(23(35)18-19)24(36)28-20-9-11-21(12-10-20)29-25-30-26(33-14-4-2-5-15-33)32-27(31-25)34-16-6-3-7-17-34;;;;;;;;;/h8-13,18,35H,2-7,14-17H2,1H3,(H,28,36)(H,29,30,31,32);1H;4*1H3;4*1H. The Labute approximate surface area is 254 Å². The number of anilines is 5. The van der Waals surface area contributed by atoms with E-state index in [-0.39, 0.29) is 59.9 Å². The predicted molar refractivity (Wildman–Crippen MR) is 178 cm³/mol. The third kappa shape index (κ3) is 9.40. The van der Waals surface area contributed by atoms with Crippen LogP contribution in [0.4, 0.5) is 29.2 Å². The summed E-state index contributed by atoms with van der Waals surface area (Å²) in [6, 6.07) is 12.4. The summed E-state index contributed by atoms with van der Waals surface area (Å²) in [4.78, 5) is 31.4. The molecule has 1 amide bonds. The Balaban J connectivity index is -0.000000593. The maximum atomic E-state index is 12.6. The van der Waals surface area contributed by atoms with Crippen LogP contribution in [-0.2, 0) is 0 Å². The number of carbonyl (C=O) groups is 1. The summed E-state index contributed by atoms with van der Waals surface area (Å²) in [7, 11) is 0. The third-order valence-electron chi connectivity index (χ3n) is 6.69. The van der Waals surface area contributed by atoms with Gasteiger partial charge < -0.3 is 50.1 Å². The zero-order chi connectivity index (χ0) is 24.9. The fourth-order valence-electron chi connectivity index (χ4n) is 4.68. The molecule has 2 aliphatic heterocycles. The average Bonchev–Trinajstić information content (AvgIpc) is 2.90. The molecule has 15 N–H and O–H groups in total. The second kappa shape index (κ2) is 17.1. The number of hydrogen-bond acceptors (Lipinski definition) is 12. The molecular formula is C27H54ClN11O2. The molecule has 3 heterocycles. The molecule has 3 aromatic rings. The lowest BCUT2D eigenvalue weighted by Gasteiger charge is -2.30. The molecule has 41 heavy (non-hydrogen) atoms. The Morgan fingerprint density at radius 2 is 1.24 bits per heavy atom.